The molecule has 1 aromatic rings. The first-order valence-corrected chi connectivity index (χ1v) is 7.06. The van der Waals surface area contributed by atoms with Crippen LogP contribution in [0.5, 0.6) is 5.75 Å². The number of hydrogen-bond donors (Lipinski definition) is 2. The van der Waals surface area contributed by atoms with Crippen molar-refractivity contribution in [3.05, 3.63) is 29.8 Å². The first kappa shape index (κ1) is 12.0. The summed E-state index contributed by atoms with van der Waals surface area (Å²) in [4.78, 5) is 0. The van der Waals surface area contributed by atoms with Crippen molar-refractivity contribution < 1.29 is 10.2 Å². The molecule has 0 saturated heterocycles. The summed E-state index contributed by atoms with van der Waals surface area (Å²) in [5.41, 5.74) is 1.50. The smallest absolute Gasteiger partial charge is 0.115 e. The van der Waals surface area contributed by atoms with Gasteiger partial charge in [0.05, 0.1) is 6.10 Å². The van der Waals surface area contributed by atoms with Gasteiger partial charge in [-0.2, -0.15) is 0 Å². The number of phenols is 1. The van der Waals surface area contributed by atoms with Gasteiger partial charge in [0, 0.05) is 0 Å². The molecule has 2 saturated carbocycles. The van der Waals surface area contributed by atoms with E-state index < -0.39 is 0 Å². The normalized spacial score (nSPS) is 39.6. The first-order valence-electron chi connectivity index (χ1n) is 7.06. The van der Waals surface area contributed by atoms with Gasteiger partial charge in [0.1, 0.15) is 5.75 Å². The molecule has 18 heavy (non-hydrogen) atoms. The monoisotopic (exact) mass is 246 g/mol. The fourth-order valence-corrected chi connectivity index (χ4v) is 4.04. The van der Waals surface area contributed by atoms with Crippen molar-refractivity contribution in [3.8, 4) is 5.75 Å². The summed E-state index contributed by atoms with van der Waals surface area (Å²) in [5.74, 6) is 1.62. The third kappa shape index (κ3) is 1.83. The van der Waals surface area contributed by atoms with E-state index in [1.54, 1.807) is 12.1 Å². The fraction of sp³-hybridized carbons (Fsp3) is 0.625. The molecule has 0 heterocycles. The Kier molecular flexibility index (Phi) is 2.86. The Bertz CT molecular complexity index is 425. The van der Waals surface area contributed by atoms with Gasteiger partial charge in [0.15, 0.2) is 0 Å². The lowest BCUT2D eigenvalue weighted by Gasteiger charge is -2.42. The summed E-state index contributed by atoms with van der Waals surface area (Å²) in [7, 11) is 0. The maximum absolute atomic E-state index is 10.1. The molecule has 98 valence electrons. The Hall–Kier alpha value is -1.02. The van der Waals surface area contributed by atoms with Crippen molar-refractivity contribution >= 4 is 0 Å². The maximum Gasteiger partial charge on any atom is 0.115 e. The molecule has 0 bridgehead atoms. The molecular weight excluding hydrogens is 224 g/mol. The van der Waals surface area contributed by atoms with Crippen LogP contribution in [0, 0.1) is 11.3 Å². The van der Waals surface area contributed by atoms with Crippen LogP contribution in [0.25, 0.3) is 0 Å². The Labute approximate surface area is 109 Å². The Morgan fingerprint density at radius 1 is 1.11 bits per heavy atom. The SMILES string of the molecule is C[C@]12CC[C@@H](c3ccc(O)cc3)C[C@H]1CC[C@H]2O. The number of fused-ring (bicyclic) bond motifs is 1. The van der Waals surface area contributed by atoms with Crippen molar-refractivity contribution in [2.24, 2.45) is 11.3 Å². The molecule has 4 atom stereocenters. The summed E-state index contributed by atoms with van der Waals surface area (Å²) >= 11 is 0. The van der Waals surface area contributed by atoms with E-state index in [0.717, 1.165) is 19.3 Å². The van der Waals surface area contributed by atoms with Gasteiger partial charge in [-0.05, 0) is 67.1 Å². The zero-order valence-electron chi connectivity index (χ0n) is 11.0. The minimum Gasteiger partial charge on any atom is -0.508 e. The van der Waals surface area contributed by atoms with Crippen molar-refractivity contribution in [3.63, 3.8) is 0 Å². The van der Waals surface area contributed by atoms with Crippen molar-refractivity contribution in [2.75, 3.05) is 0 Å². The van der Waals surface area contributed by atoms with E-state index in [2.05, 4.69) is 6.92 Å². The Balaban J connectivity index is 1.77. The van der Waals surface area contributed by atoms with Gasteiger partial charge >= 0.3 is 0 Å². The molecule has 3 rings (SSSR count). The van der Waals surface area contributed by atoms with E-state index >= 15 is 0 Å². The number of rotatable bonds is 1. The van der Waals surface area contributed by atoms with Crippen LogP contribution in [0.15, 0.2) is 24.3 Å². The molecule has 0 spiro atoms. The number of aliphatic hydroxyl groups excluding tert-OH is 1. The predicted octanol–water partition coefficient (Wildman–Crippen LogP) is 3.44. The molecule has 0 amide bonds. The van der Waals surface area contributed by atoms with Gasteiger partial charge in [-0.1, -0.05) is 19.1 Å². The zero-order chi connectivity index (χ0) is 12.8. The zero-order valence-corrected chi connectivity index (χ0v) is 11.0. The third-order valence-electron chi connectivity index (χ3n) is 5.45. The van der Waals surface area contributed by atoms with Gasteiger partial charge in [0.25, 0.3) is 0 Å². The second-order valence-electron chi connectivity index (χ2n) is 6.36. The highest BCUT2D eigenvalue weighted by Crippen LogP contribution is 2.55. The minimum absolute atomic E-state index is 0.0942. The topological polar surface area (TPSA) is 40.5 Å². The molecule has 2 aliphatic rings. The van der Waals surface area contributed by atoms with Gasteiger partial charge in [0.2, 0.25) is 0 Å². The second-order valence-corrected chi connectivity index (χ2v) is 6.36. The van der Waals surface area contributed by atoms with Crippen LogP contribution in [-0.4, -0.2) is 16.3 Å². The highest BCUT2D eigenvalue weighted by Gasteiger charge is 2.48. The van der Waals surface area contributed by atoms with Crippen LogP contribution in [0.2, 0.25) is 0 Å². The van der Waals surface area contributed by atoms with E-state index in [1.807, 2.05) is 12.1 Å². The highest BCUT2D eigenvalue weighted by atomic mass is 16.3. The number of aliphatic hydroxyl groups is 1. The van der Waals surface area contributed by atoms with Crippen LogP contribution < -0.4 is 0 Å². The van der Waals surface area contributed by atoms with Crippen LogP contribution >= 0.6 is 0 Å². The summed E-state index contributed by atoms with van der Waals surface area (Å²) in [6.07, 6.45) is 5.54. The summed E-state index contributed by atoms with van der Waals surface area (Å²) in [6, 6.07) is 7.67. The van der Waals surface area contributed by atoms with E-state index in [-0.39, 0.29) is 11.5 Å². The highest BCUT2D eigenvalue weighted by molar-refractivity contribution is 5.29. The number of phenolic OH excluding ortho intramolecular Hbond substituents is 1. The Morgan fingerprint density at radius 3 is 2.56 bits per heavy atom. The summed E-state index contributed by atoms with van der Waals surface area (Å²) < 4.78 is 0. The third-order valence-corrected chi connectivity index (χ3v) is 5.45. The van der Waals surface area contributed by atoms with Crippen LogP contribution in [-0.2, 0) is 0 Å². The van der Waals surface area contributed by atoms with Gasteiger partial charge in [-0.3, -0.25) is 0 Å². The molecule has 0 aromatic heterocycles. The van der Waals surface area contributed by atoms with Gasteiger partial charge in [-0.15, -0.1) is 0 Å². The molecule has 2 nitrogen and oxygen atoms in total. The van der Waals surface area contributed by atoms with E-state index in [4.69, 9.17) is 0 Å². The van der Waals surface area contributed by atoms with Crippen molar-refractivity contribution in [1.29, 1.82) is 0 Å². The first-order chi connectivity index (χ1) is 8.59. The molecule has 0 aliphatic heterocycles. The van der Waals surface area contributed by atoms with Crippen molar-refractivity contribution in [2.45, 2.75) is 51.0 Å². The molecule has 2 heteroatoms. The lowest BCUT2D eigenvalue weighted by atomic mass is 9.64. The fourth-order valence-electron chi connectivity index (χ4n) is 4.04. The minimum atomic E-state index is -0.0942. The quantitative estimate of drug-likeness (QED) is 0.797. The number of benzene rings is 1. The van der Waals surface area contributed by atoms with Crippen molar-refractivity contribution in [1.82, 2.24) is 0 Å². The van der Waals surface area contributed by atoms with E-state index in [0.29, 0.717) is 17.6 Å². The lowest BCUT2D eigenvalue weighted by molar-refractivity contribution is 0.00872. The Morgan fingerprint density at radius 2 is 1.83 bits per heavy atom. The lowest BCUT2D eigenvalue weighted by Crippen LogP contribution is -2.36. The van der Waals surface area contributed by atoms with Crippen LogP contribution in [0.3, 0.4) is 0 Å². The van der Waals surface area contributed by atoms with Gasteiger partial charge in [-0.25, -0.2) is 0 Å². The summed E-state index contributed by atoms with van der Waals surface area (Å²) in [5, 5.41) is 19.5. The predicted molar refractivity (Wildman–Crippen MR) is 71.5 cm³/mol. The van der Waals surface area contributed by atoms with E-state index in [9.17, 15) is 10.2 Å². The average Bonchev–Trinajstić information content (AvgIpc) is 2.66. The number of aromatic hydroxyl groups is 1. The molecule has 0 unspecified atom stereocenters. The maximum atomic E-state index is 10.1. The van der Waals surface area contributed by atoms with Crippen LogP contribution in [0.1, 0.15) is 50.5 Å². The second kappa shape index (κ2) is 4.27. The summed E-state index contributed by atoms with van der Waals surface area (Å²) in [6.45, 7) is 2.27. The molecule has 2 fully saturated rings. The number of hydrogen-bond acceptors (Lipinski definition) is 2. The molecule has 1 aromatic carbocycles. The van der Waals surface area contributed by atoms with Gasteiger partial charge < -0.3 is 10.2 Å². The standard InChI is InChI=1S/C16H22O2/c1-16-9-8-12(10-13(16)4-7-15(16)18)11-2-5-14(17)6-3-11/h2-3,5-6,12-13,15,17-18H,4,7-10H2,1H3/t12-,13-,15-,16+/m1/s1. The molecule has 0 radical (unpaired) electrons. The molecule has 2 aliphatic carbocycles. The molecule has 2 N–H and O–H groups in total. The largest absolute Gasteiger partial charge is 0.508 e. The van der Waals surface area contributed by atoms with E-state index in [1.165, 1.54) is 18.4 Å². The average molecular weight is 246 g/mol. The van der Waals surface area contributed by atoms with Crippen LogP contribution in [0.4, 0.5) is 0 Å². The molecular formula is C16H22O2.